The second-order valence-corrected chi connectivity index (χ2v) is 11.2. The van der Waals surface area contributed by atoms with E-state index in [0.29, 0.717) is 10.6 Å². The summed E-state index contributed by atoms with van der Waals surface area (Å²) >= 11 is 6.35. The van der Waals surface area contributed by atoms with Gasteiger partial charge < -0.3 is 15.0 Å². The summed E-state index contributed by atoms with van der Waals surface area (Å²) in [7, 11) is -1.29. The Balaban J connectivity index is 2.12. The number of anilines is 1. The van der Waals surface area contributed by atoms with Crippen molar-refractivity contribution in [2.75, 3.05) is 25.0 Å². The molecule has 8 nitrogen and oxygen atoms in total. The van der Waals surface area contributed by atoms with E-state index in [2.05, 4.69) is 5.32 Å². The van der Waals surface area contributed by atoms with E-state index in [1.54, 1.807) is 61.5 Å². The molecule has 0 aliphatic rings. The third kappa shape index (κ3) is 6.46. The van der Waals surface area contributed by atoms with Gasteiger partial charge in [-0.15, -0.1) is 0 Å². The van der Waals surface area contributed by atoms with Crippen LogP contribution in [-0.4, -0.2) is 51.9 Å². The average Bonchev–Trinajstić information content (AvgIpc) is 2.90. The van der Waals surface area contributed by atoms with Crippen LogP contribution in [0.1, 0.15) is 23.6 Å². The third-order valence-electron chi connectivity index (χ3n) is 6.20. The minimum absolute atomic E-state index is 0.0104. The van der Waals surface area contributed by atoms with Crippen LogP contribution < -0.4 is 14.4 Å². The minimum atomic E-state index is -4.20. The Kier molecular flexibility index (Phi) is 9.40. The highest BCUT2D eigenvalue weighted by atomic mass is 35.5. The fourth-order valence-corrected chi connectivity index (χ4v) is 5.56. The molecule has 1 atom stereocenters. The van der Waals surface area contributed by atoms with Crippen molar-refractivity contribution in [3.63, 3.8) is 0 Å². The van der Waals surface area contributed by atoms with Gasteiger partial charge in [-0.1, -0.05) is 53.6 Å². The fourth-order valence-electron chi connectivity index (χ4n) is 3.95. The number of methoxy groups -OCH3 is 1. The van der Waals surface area contributed by atoms with Gasteiger partial charge in [0.05, 0.1) is 17.7 Å². The van der Waals surface area contributed by atoms with Gasteiger partial charge in [0.25, 0.3) is 10.0 Å². The molecule has 0 radical (unpaired) electrons. The summed E-state index contributed by atoms with van der Waals surface area (Å²) in [4.78, 5) is 27.8. The molecule has 3 aromatic rings. The van der Waals surface area contributed by atoms with Gasteiger partial charge in [0.2, 0.25) is 11.8 Å². The predicted molar refractivity (Wildman–Crippen MR) is 149 cm³/mol. The van der Waals surface area contributed by atoms with Gasteiger partial charge in [0, 0.05) is 18.6 Å². The van der Waals surface area contributed by atoms with E-state index in [4.69, 9.17) is 16.3 Å². The molecule has 0 aromatic heterocycles. The molecule has 0 spiro atoms. The van der Waals surface area contributed by atoms with E-state index in [-0.39, 0.29) is 22.9 Å². The van der Waals surface area contributed by atoms with E-state index < -0.39 is 34.4 Å². The van der Waals surface area contributed by atoms with Gasteiger partial charge in [-0.2, -0.15) is 0 Å². The number of amides is 2. The molecule has 0 aliphatic heterocycles. The lowest BCUT2D eigenvalue weighted by molar-refractivity contribution is -0.139. The lowest BCUT2D eigenvalue weighted by atomic mass is 10.1. The summed E-state index contributed by atoms with van der Waals surface area (Å²) in [6, 6.07) is 17.6. The fraction of sp³-hybridized carbons (Fsp3) is 0.286. The number of aryl methyl sites for hydroxylation is 2. The number of hydrogen-bond acceptors (Lipinski definition) is 5. The van der Waals surface area contributed by atoms with Crippen LogP contribution in [0.4, 0.5) is 5.69 Å². The van der Waals surface area contributed by atoms with Crippen molar-refractivity contribution in [3.05, 3.63) is 88.4 Å². The van der Waals surface area contributed by atoms with Crippen molar-refractivity contribution in [2.45, 2.75) is 38.3 Å². The molecule has 3 aromatic carbocycles. The van der Waals surface area contributed by atoms with E-state index >= 15 is 0 Å². The molecule has 0 bridgehead atoms. The lowest BCUT2D eigenvalue weighted by Gasteiger charge is -2.32. The van der Waals surface area contributed by atoms with Crippen molar-refractivity contribution in [1.29, 1.82) is 0 Å². The number of nitrogens with zero attached hydrogens (tertiary/aromatic N) is 2. The first kappa shape index (κ1) is 29.0. The molecule has 2 amide bonds. The Bertz CT molecular complexity index is 1410. The zero-order valence-electron chi connectivity index (χ0n) is 22.1. The monoisotopic (exact) mass is 557 g/mol. The summed E-state index contributed by atoms with van der Waals surface area (Å²) in [5, 5.41) is 2.98. The molecule has 38 heavy (non-hydrogen) atoms. The molecule has 202 valence electrons. The second-order valence-electron chi connectivity index (χ2n) is 8.90. The lowest BCUT2D eigenvalue weighted by Crippen LogP contribution is -2.50. The summed E-state index contributed by atoms with van der Waals surface area (Å²) in [6.45, 7) is 4.70. The Morgan fingerprint density at radius 2 is 1.63 bits per heavy atom. The molecule has 0 unspecified atom stereocenters. The number of nitrogens with one attached hydrogen (secondary N) is 1. The summed E-state index contributed by atoms with van der Waals surface area (Å²) < 4.78 is 34.4. The van der Waals surface area contributed by atoms with Gasteiger partial charge >= 0.3 is 0 Å². The number of likely N-dealkylation sites (N-methyl/N-ethyl adjacent to an activating group) is 1. The molecule has 10 heteroatoms. The Labute approximate surface area is 229 Å². The summed E-state index contributed by atoms with van der Waals surface area (Å²) in [5.74, 6) is -0.692. The van der Waals surface area contributed by atoms with Crippen LogP contribution in [0.3, 0.4) is 0 Å². The number of carbonyl (C=O) groups excluding carboxylic acids is 2. The Hall–Kier alpha value is -3.56. The van der Waals surface area contributed by atoms with Crippen LogP contribution in [0, 0.1) is 13.8 Å². The predicted octanol–water partition coefficient (Wildman–Crippen LogP) is 4.32. The first-order valence-corrected chi connectivity index (χ1v) is 13.8. The SMILES string of the molecule is CNC(=O)[C@H](C)N(Cc1ccccc1Cl)C(=O)CN(c1cc(C)ccc1OC)S(=O)(=O)c1ccc(C)cc1. The standard InChI is InChI=1S/C28H32ClN3O5S/c1-19-10-13-23(14-11-19)38(35,36)32(25-16-20(2)12-15-26(25)37-5)18-27(33)31(21(3)28(34)30-4)17-22-8-6-7-9-24(22)29/h6-16,21H,17-18H2,1-5H3,(H,30,34)/t21-/m0/s1. The number of carbonyl (C=O) groups is 2. The van der Waals surface area contributed by atoms with Crippen LogP contribution in [-0.2, 0) is 26.2 Å². The smallest absolute Gasteiger partial charge is 0.264 e. The van der Waals surface area contributed by atoms with Gasteiger partial charge in [-0.25, -0.2) is 8.42 Å². The van der Waals surface area contributed by atoms with Crippen LogP contribution in [0.5, 0.6) is 5.75 Å². The quantitative estimate of drug-likeness (QED) is 0.400. The summed E-state index contributed by atoms with van der Waals surface area (Å²) in [6.07, 6.45) is 0. The van der Waals surface area contributed by atoms with Crippen LogP contribution in [0.25, 0.3) is 0 Å². The van der Waals surface area contributed by atoms with E-state index in [1.807, 2.05) is 13.8 Å². The molecule has 1 N–H and O–H groups in total. The van der Waals surface area contributed by atoms with Crippen LogP contribution in [0.2, 0.25) is 5.02 Å². The Morgan fingerprint density at radius 3 is 2.24 bits per heavy atom. The molecule has 0 saturated heterocycles. The molecule has 0 saturated carbocycles. The van der Waals surface area contributed by atoms with E-state index in [1.165, 1.54) is 31.2 Å². The molecule has 0 heterocycles. The van der Waals surface area contributed by atoms with E-state index in [9.17, 15) is 18.0 Å². The number of sulfonamides is 1. The molecule has 0 fully saturated rings. The van der Waals surface area contributed by atoms with Crippen molar-refractivity contribution in [1.82, 2.24) is 10.2 Å². The first-order valence-electron chi connectivity index (χ1n) is 12.0. The zero-order valence-corrected chi connectivity index (χ0v) is 23.6. The number of benzene rings is 3. The molecular weight excluding hydrogens is 526 g/mol. The molecule has 3 rings (SSSR count). The van der Waals surface area contributed by atoms with Gasteiger partial charge in [-0.3, -0.25) is 13.9 Å². The highest BCUT2D eigenvalue weighted by molar-refractivity contribution is 7.92. The normalized spacial score (nSPS) is 11.9. The van der Waals surface area contributed by atoms with Gasteiger partial charge in [-0.05, 0) is 62.2 Å². The van der Waals surface area contributed by atoms with Crippen LogP contribution >= 0.6 is 11.6 Å². The zero-order chi connectivity index (χ0) is 28.0. The van der Waals surface area contributed by atoms with E-state index in [0.717, 1.165) is 15.4 Å². The highest BCUT2D eigenvalue weighted by Crippen LogP contribution is 2.34. The van der Waals surface area contributed by atoms with Crippen molar-refractivity contribution < 1.29 is 22.7 Å². The molecule has 0 aliphatic carbocycles. The average molecular weight is 558 g/mol. The number of ether oxygens (including phenoxy) is 1. The maximum absolute atomic E-state index is 14.0. The number of rotatable bonds is 10. The number of hydrogen-bond donors (Lipinski definition) is 1. The maximum atomic E-state index is 14.0. The van der Waals surface area contributed by atoms with Crippen LogP contribution in [0.15, 0.2) is 71.6 Å². The number of halogens is 1. The summed E-state index contributed by atoms with van der Waals surface area (Å²) in [5.41, 5.74) is 2.51. The third-order valence-corrected chi connectivity index (χ3v) is 8.35. The van der Waals surface area contributed by atoms with Gasteiger partial charge in [0.1, 0.15) is 18.3 Å². The van der Waals surface area contributed by atoms with Gasteiger partial charge in [0.15, 0.2) is 0 Å². The largest absolute Gasteiger partial charge is 0.495 e. The van der Waals surface area contributed by atoms with Crippen molar-refractivity contribution in [2.24, 2.45) is 0 Å². The molecular formula is C28H32ClN3O5S. The first-order chi connectivity index (χ1) is 18.0. The minimum Gasteiger partial charge on any atom is -0.495 e. The Morgan fingerprint density at radius 1 is 1.00 bits per heavy atom. The second kappa shape index (κ2) is 12.3. The van der Waals surface area contributed by atoms with Crippen molar-refractivity contribution >= 4 is 39.1 Å². The highest BCUT2D eigenvalue weighted by Gasteiger charge is 2.33. The maximum Gasteiger partial charge on any atom is 0.264 e. The van der Waals surface area contributed by atoms with Crippen molar-refractivity contribution in [3.8, 4) is 5.75 Å². The topological polar surface area (TPSA) is 96.0 Å².